The molecule has 1 saturated heterocycles. The van der Waals surface area contributed by atoms with Gasteiger partial charge in [0.25, 0.3) is 5.91 Å². The van der Waals surface area contributed by atoms with Gasteiger partial charge in [0.05, 0.1) is 11.8 Å². The fourth-order valence-electron chi connectivity index (χ4n) is 2.14. The molecule has 2 heterocycles. The number of rotatable bonds is 2. The Hall–Kier alpha value is -1.09. The molecule has 1 amide bonds. The van der Waals surface area contributed by atoms with Crippen molar-refractivity contribution >= 4 is 39.1 Å². The Morgan fingerprint density at radius 1 is 1.40 bits per heavy atom. The summed E-state index contributed by atoms with van der Waals surface area (Å²) < 4.78 is 39.0. The maximum atomic E-state index is 12.8. The van der Waals surface area contributed by atoms with E-state index in [1.54, 1.807) is 11.4 Å². The van der Waals surface area contributed by atoms with Crippen LogP contribution in [0.4, 0.5) is 13.2 Å². The SMILES string of the molecule is O=C(O)[C@@H]1CN(C(=O)c2sccc2Br)C[C@H]1C(F)(F)F. The Kier molecular flexibility index (Phi) is 4.10. The first-order valence-corrected chi connectivity index (χ1v) is 7.21. The summed E-state index contributed by atoms with van der Waals surface area (Å²) in [6.45, 7) is -1.05. The van der Waals surface area contributed by atoms with Gasteiger partial charge in [0.2, 0.25) is 0 Å². The summed E-state index contributed by atoms with van der Waals surface area (Å²) in [6, 6.07) is 1.61. The maximum Gasteiger partial charge on any atom is 0.394 e. The smallest absolute Gasteiger partial charge is 0.394 e. The first-order valence-electron chi connectivity index (χ1n) is 5.53. The summed E-state index contributed by atoms with van der Waals surface area (Å²) in [6.07, 6.45) is -4.63. The molecule has 0 bridgehead atoms. The average molecular weight is 372 g/mol. The molecule has 0 unspecified atom stereocenters. The van der Waals surface area contributed by atoms with Crippen LogP contribution in [0.5, 0.6) is 0 Å². The molecule has 20 heavy (non-hydrogen) atoms. The molecule has 2 rings (SSSR count). The minimum absolute atomic E-state index is 0.275. The number of carboxylic acids is 1. The molecule has 0 aliphatic carbocycles. The topological polar surface area (TPSA) is 57.6 Å². The minimum atomic E-state index is -4.63. The summed E-state index contributed by atoms with van der Waals surface area (Å²) in [5, 5.41) is 10.5. The van der Waals surface area contributed by atoms with Crippen LogP contribution in [0.25, 0.3) is 0 Å². The van der Waals surface area contributed by atoms with E-state index in [1.807, 2.05) is 0 Å². The van der Waals surface area contributed by atoms with Gasteiger partial charge in [-0.2, -0.15) is 13.2 Å². The Morgan fingerprint density at radius 2 is 2.05 bits per heavy atom. The van der Waals surface area contributed by atoms with Gasteiger partial charge >= 0.3 is 12.1 Å². The maximum absolute atomic E-state index is 12.8. The largest absolute Gasteiger partial charge is 0.481 e. The van der Waals surface area contributed by atoms with E-state index >= 15 is 0 Å². The van der Waals surface area contributed by atoms with E-state index in [2.05, 4.69) is 15.9 Å². The van der Waals surface area contributed by atoms with Crippen molar-refractivity contribution in [3.05, 3.63) is 20.8 Å². The normalized spacial score (nSPS) is 23.1. The number of nitrogens with zero attached hydrogens (tertiary/aromatic N) is 1. The molecule has 0 aromatic carbocycles. The Balaban J connectivity index is 2.22. The first-order chi connectivity index (χ1) is 9.21. The van der Waals surface area contributed by atoms with Gasteiger partial charge < -0.3 is 10.0 Å². The van der Waals surface area contributed by atoms with Crippen molar-refractivity contribution < 1.29 is 27.9 Å². The zero-order valence-corrected chi connectivity index (χ0v) is 12.3. The van der Waals surface area contributed by atoms with Crippen LogP contribution < -0.4 is 0 Å². The van der Waals surface area contributed by atoms with Crippen molar-refractivity contribution in [3.63, 3.8) is 0 Å². The van der Waals surface area contributed by atoms with E-state index in [1.165, 1.54) is 0 Å². The van der Waals surface area contributed by atoms with Gasteiger partial charge in [-0.3, -0.25) is 9.59 Å². The number of amides is 1. The van der Waals surface area contributed by atoms with Crippen LogP contribution in [-0.2, 0) is 4.79 Å². The van der Waals surface area contributed by atoms with Gasteiger partial charge in [-0.15, -0.1) is 11.3 Å². The van der Waals surface area contributed by atoms with Crippen molar-refractivity contribution in [1.82, 2.24) is 4.90 Å². The number of carbonyl (C=O) groups is 2. The molecule has 1 aromatic rings. The van der Waals surface area contributed by atoms with Crippen LogP contribution in [0.1, 0.15) is 9.67 Å². The minimum Gasteiger partial charge on any atom is -0.481 e. The third-order valence-electron chi connectivity index (χ3n) is 3.16. The Morgan fingerprint density at radius 3 is 2.45 bits per heavy atom. The second-order valence-corrected chi connectivity index (χ2v) is 6.17. The number of carbonyl (C=O) groups excluding carboxylic acids is 1. The van der Waals surface area contributed by atoms with Gasteiger partial charge in [0, 0.05) is 17.6 Å². The fourth-order valence-corrected chi connectivity index (χ4v) is 3.65. The van der Waals surface area contributed by atoms with Gasteiger partial charge in [0.15, 0.2) is 0 Å². The highest BCUT2D eigenvalue weighted by Crippen LogP contribution is 2.38. The van der Waals surface area contributed by atoms with Crippen LogP contribution in [-0.4, -0.2) is 41.1 Å². The lowest BCUT2D eigenvalue weighted by atomic mass is 9.96. The van der Waals surface area contributed by atoms with Crippen molar-refractivity contribution in [2.75, 3.05) is 13.1 Å². The standard InChI is InChI=1S/C11H9BrF3NO3S/c12-7-1-2-20-8(7)9(17)16-3-5(10(18)19)6(4-16)11(13,14)15/h1-2,5-6H,3-4H2,(H,18,19)/t5-,6-/m1/s1. The molecule has 1 fully saturated rings. The monoisotopic (exact) mass is 371 g/mol. The summed E-state index contributed by atoms with van der Waals surface area (Å²) >= 11 is 4.23. The lowest BCUT2D eigenvalue weighted by Gasteiger charge is -2.18. The molecule has 9 heteroatoms. The third-order valence-corrected chi connectivity index (χ3v) is 4.98. The van der Waals surface area contributed by atoms with Gasteiger partial charge in [-0.05, 0) is 27.4 Å². The predicted octanol–water partition coefficient (Wildman–Crippen LogP) is 2.85. The number of carboxylic acid groups (broad SMARTS) is 1. The second-order valence-electron chi connectivity index (χ2n) is 4.40. The highest BCUT2D eigenvalue weighted by atomic mass is 79.9. The molecule has 0 radical (unpaired) electrons. The van der Waals surface area contributed by atoms with Gasteiger partial charge in [-0.1, -0.05) is 0 Å². The molecule has 1 aromatic heterocycles. The zero-order valence-electron chi connectivity index (χ0n) is 9.85. The number of thiophene rings is 1. The molecule has 0 spiro atoms. The fraction of sp³-hybridized carbons (Fsp3) is 0.455. The molecule has 110 valence electrons. The van der Waals surface area contributed by atoms with E-state index < -0.39 is 43.0 Å². The van der Waals surface area contributed by atoms with E-state index in [0.717, 1.165) is 16.2 Å². The number of hydrogen-bond acceptors (Lipinski definition) is 3. The quantitative estimate of drug-likeness (QED) is 0.869. The van der Waals surface area contributed by atoms with Crippen LogP contribution in [0.2, 0.25) is 0 Å². The number of alkyl halides is 3. The van der Waals surface area contributed by atoms with Crippen LogP contribution in [0.3, 0.4) is 0 Å². The lowest BCUT2D eigenvalue weighted by molar-refractivity contribution is -0.187. The molecule has 0 saturated carbocycles. The molecule has 1 aliphatic rings. The average Bonchev–Trinajstić information content (AvgIpc) is 2.92. The third kappa shape index (κ3) is 2.83. The molecule has 1 aliphatic heterocycles. The lowest BCUT2D eigenvalue weighted by Crippen LogP contribution is -2.34. The number of aliphatic carboxylic acids is 1. The summed E-state index contributed by atoms with van der Waals surface area (Å²) in [4.78, 5) is 24.3. The Labute approximate surface area is 124 Å². The zero-order chi connectivity index (χ0) is 15.1. The van der Waals surface area contributed by atoms with Crippen molar-refractivity contribution in [3.8, 4) is 0 Å². The predicted molar refractivity (Wildman–Crippen MR) is 68.6 cm³/mol. The molecule has 4 nitrogen and oxygen atoms in total. The number of halogens is 4. The molecular weight excluding hydrogens is 363 g/mol. The van der Waals surface area contributed by atoms with E-state index in [9.17, 15) is 22.8 Å². The van der Waals surface area contributed by atoms with Crippen LogP contribution in [0.15, 0.2) is 15.9 Å². The summed E-state index contributed by atoms with van der Waals surface area (Å²) in [5.74, 6) is -5.75. The second kappa shape index (κ2) is 5.36. The van der Waals surface area contributed by atoms with Crippen LogP contribution in [0, 0.1) is 11.8 Å². The number of likely N-dealkylation sites (tertiary alicyclic amines) is 1. The molecule has 1 N–H and O–H groups in total. The van der Waals surface area contributed by atoms with E-state index in [0.29, 0.717) is 4.47 Å². The number of hydrogen-bond donors (Lipinski definition) is 1. The van der Waals surface area contributed by atoms with Crippen molar-refractivity contribution in [2.24, 2.45) is 11.8 Å². The van der Waals surface area contributed by atoms with Gasteiger partial charge in [-0.25, -0.2) is 0 Å². The summed E-state index contributed by atoms with van der Waals surface area (Å²) in [7, 11) is 0. The van der Waals surface area contributed by atoms with E-state index in [4.69, 9.17) is 5.11 Å². The first kappa shape index (κ1) is 15.3. The van der Waals surface area contributed by atoms with Crippen molar-refractivity contribution in [1.29, 1.82) is 0 Å². The highest BCUT2D eigenvalue weighted by molar-refractivity contribution is 9.10. The molecule has 2 atom stereocenters. The van der Waals surface area contributed by atoms with Crippen molar-refractivity contribution in [2.45, 2.75) is 6.18 Å². The molecular formula is C11H9BrF3NO3S. The Bertz CT molecular complexity index is 545. The van der Waals surface area contributed by atoms with Crippen LogP contribution >= 0.6 is 27.3 Å². The van der Waals surface area contributed by atoms with Gasteiger partial charge in [0.1, 0.15) is 4.88 Å². The summed E-state index contributed by atoms with van der Waals surface area (Å²) in [5.41, 5.74) is 0. The highest BCUT2D eigenvalue weighted by Gasteiger charge is 2.53. The van der Waals surface area contributed by atoms with E-state index in [-0.39, 0.29) is 4.88 Å².